The first-order valence-corrected chi connectivity index (χ1v) is 32.6. The molecule has 1 atom stereocenters. The van der Waals surface area contributed by atoms with Gasteiger partial charge in [0.25, 0.3) is 0 Å². The summed E-state index contributed by atoms with van der Waals surface area (Å²) in [5.74, 6) is -0.890. The molecule has 0 aromatic carbocycles. The fourth-order valence-corrected chi connectivity index (χ4v) is 9.68. The van der Waals surface area contributed by atoms with Gasteiger partial charge in [0.05, 0.1) is 0 Å². The van der Waals surface area contributed by atoms with Gasteiger partial charge >= 0.3 is 17.9 Å². The number of rotatable bonds is 60. The minimum absolute atomic E-state index is 0.0798. The predicted octanol–water partition coefficient (Wildman–Crippen LogP) is 22.2. The average molecular weight is 1040 g/mol. The molecule has 1 unspecified atom stereocenters. The highest BCUT2D eigenvalue weighted by Crippen LogP contribution is 2.18. The van der Waals surface area contributed by atoms with E-state index in [4.69, 9.17) is 14.2 Å². The van der Waals surface area contributed by atoms with E-state index < -0.39 is 6.10 Å². The lowest BCUT2D eigenvalue weighted by Crippen LogP contribution is -2.30. The quantitative estimate of drug-likeness (QED) is 0.0261. The number of ether oxygens (including phenoxy) is 3. The molecule has 0 saturated carbocycles. The molecular weight excluding hydrogens is 913 g/mol. The molecular formula is C68H124O6. The van der Waals surface area contributed by atoms with Gasteiger partial charge in [0.15, 0.2) is 6.10 Å². The van der Waals surface area contributed by atoms with E-state index in [1.807, 2.05) is 0 Å². The molecule has 432 valence electrons. The summed E-state index contributed by atoms with van der Waals surface area (Å²) in [6, 6.07) is 0. The van der Waals surface area contributed by atoms with Crippen molar-refractivity contribution in [1.29, 1.82) is 0 Å². The van der Waals surface area contributed by atoms with E-state index in [2.05, 4.69) is 69.4 Å². The predicted molar refractivity (Wildman–Crippen MR) is 321 cm³/mol. The molecule has 0 aliphatic rings. The van der Waals surface area contributed by atoms with Crippen LogP contribution in [0, 0.1) is 0 Å². The van der Waals surface area contributed by atoms with Gasteiger partial charge in [-0.05, 0) is 70.6 Å². The van der Waals surface area contributed by atoms with Crippen LogP contribution < -0.4 is 0 Å². The largest absolute Gasteiger partial charge is 0.462 e. The Balaban J connectivity index is 4.10. The van der Waals surface area contributed by atoms with Crippen molar-refractivity contribution in [1.82, 2.24) is 0 Å². The molecule has 0 aliphatic heterocycles. The minimum atomic E-state index is -0.784. The second kappa shape index (κ2) is 62.9. The molecule has 0 aromatic rings. The van der Waals surface area contributed by atoms with Crippen molar-refractivity contribution in [3.63, 3.8) is 0 Å². The summed E-state index contributed by atoms with van der Waals surface area (Å²) in [5.41, 5.74) is 0. The number of hydrogen-bond donors (Lipinski definition) is 0. The Labute approximate surface area is 460 Å². The molecule has 0 bridgehead atoms. The first-order valence-electron chi connectivity index (χ1n) is 32.6. The Morgan fingerprint density at radius 3 is 0.878 bits per heavy atom. The topological polar surface area (TPSA) is 78.9 Å². The SMILES string of the molecule is CC/C=C\C/C=C\C/C=C\CCCCCCCC(=O)OC(COC(=O)CCCCCCC/C=C\CCCC)COC(=O)CCCCCCCCCCCCCCCCCCCCCCCCCCCCCCCC. The first-order chi connectivity index (χ1) is 36.5. The van der Waals surface area contributed by atoms with E-state index in [1.54, 1.807) is 0 Å². The second-order valence-corrected chi connectivity index (χ2v) is 22.0. The summed E-state index contributed by atoms with van der Waals surface area (Å²) < 4.78 is 16.9. The first kappa shape index (κ1) is 71.4. The molecule has 6 heteroatoms. The lowest BCUT2D eigenvalue weighted by molar-refractivity contribution is -0.167. The molecule has 0 aromatic heterocycles. The summed E-state index contributed by atoms with van der Waals surface area (Å²) in [7, 11) is 0. The third kappa shape index (κ3) is 60.2. The van der Waals surface area contributed by atoms with Crippen LogP contribution in [0.5, 0.6) is 0 Å². The zero-order valence-corrected chi connectivity index (χ0v) is 49.6. The fourth-order valence-electron chi connectivity index (χ4n) is 9.68. The zero-order chi connectivity index (χ0) is 53.6. The third-order valence-corrected chi connectivity index (χ3v) is 14.6. The Morgan fingerprint density at radius 1 is 0.284 bits per heavy atom. The van der Waals surface area contributed by atoms with Gasteiger partial charge in [-0.2, -0.15) is 0 Å². The van der Waals surface area contributed by atoms with Crippen LogP contribution in [-0.2, 0) is 28.6 Å². The van der Waals surface area contributed by atoms with Crippen molar-refractivity contribution in [2.24, 2.45) is 0 Å². The maximum absolute atomic E-state index is 12.9. The lowest BCUT2D eigenvalue weighted by atomic mass is 10.0. The maximum atomic E-state index is 12.9. The van der Waals surface area contributed by atoms with E-state index in [0.717, 1.165) is 103 Å². The van der Waals surface area contributed by atoms with E-state index in [1.165, 1.54) is 205 Å². The van der Waals surface area contributed by atoms with Crippen molar-refractivity contribution in [3.8, 4) is 0 Å². The van der Waals surface area contributed by atoms with Crippen molar-refractivity contribution >= 4 is 17.9 Å². The number of esters is 3. The molecule has 0 radical (unpaired) electrons. The number of carbonyl (C=O) groups excluding carboxylic acids is 3. The monoisotopic (exact) mass is 1040 g/mol. The van der Waals surface area contributed by atoms with Crippen LogP contribution >= 0.6 is 0 Å². The highest BCUT2D eigenvalue weighted by molar-refractivity contribution is 5.71. The van der Waals surface area contributed by atoms with Crippen LogP contribution in [-0.4, -0.2) is 37.2 Å². The van der Waals surface area contributed by atoms with Crippen molar-refractivity contribution in [3.05, 3.63) is 48.6 Å². The van der Waals surface area contributed by atoms with Gasteiger partial charge in [-0.3, -0.25) is 14.4 Å². The summed E-state index contributed by atoms with van der Waals surface area (Å²) in [5, 5.41) is 0. The summed E-state index contributed by atoms with van der Waals surface area (Å²) >= 11 is 0. The second-order valence-electron chi connectivity index (χ2n) is 22.0. The number of hydrogen-bond acceptors (Lipinski definition) is 6. The van der Waals surface area contributed by atoms with Crippen molar-refractivity contribution in [2.75, 3.05) is 13.2 Å². The van der Waals surface area contributed by atoms with Crippen LogP contribution in [0.3, 0.4) is 0 Å². The minimum Gasteiger partial charge on any atom is -0.462 e. The van der Waals surface area contributed by atoms with Crippen molar-refractivity contribution in [2.45, 2.75) is 354 Å². The van der Waals surface area contributed by atoms with Gasteiger partial charge in [0, 0.05) is 19.3 Å². The van der Waals surface area contributed by atoms with Crippen molar-refractivity contribution < 1.29 is 28.6 Å². The van der Waals surface area contributed by atoms with E-state index in [9.17, 15) is 14.4 Å². The fraction of sp³-hybridized carbons (Fsp3) is 0.838. The molecule has 0 aliphatic carbocycles. The Morgan fingerprint density at radius 2 is 0.541 bits per heavy atom. The van der Waals surface area contributed by atoms with Crippen LogP contribution in [0.1, 0.15) is 348 Å². The number of allylic oxidation sites excluding steroid dienone is 8. The van der Waals surface area contributed by atoms with Crippen LogP contribution in [0.15, 0.2) is 48.6 Å². The van der Waals surface area contributed by atoms with Gasteiger partial charge in [-0.15, -0.1) is 0 Å². The smallest absolute Gasteiger partial charge is 0.306 e. The number of unbranched alkanes of at least 4 members (excludes halogenated alkanes) is 41. The highest BCUT2D eigenvalue weighted by Gasteiger charge is 2.19. The molecule has 0 heterocycles. The third-order valence-electron chi connectivity index (χ3n) is 14.6. The molecule has 0 fully saturated rings. The molecule has 6 nitrogen and oxygen atoms in total. The van der Waals surface area contributed by atoms with Gasteiger partial charge in [-0.25, -0.2) is 0 Å². The van der Waals surface area contributed by atoms with E-state index in [-0.39, 0.29) is 31.1 Å². The summed E-state index contributed by atoms with van der Waals surface area (Å²) in [6.07, 6.45) is 78.7. The van der Waals surface area contributed by atoms with E-state index in [0.29, 0.717) is 19.3 Å². The zero-order valence-electron chi connectivity index (χ0n) is 49.6. The molecule has 0 spiro atoms. The number of carbonyl (C=O) groups is 3. The molecule has 74 heavy (non-hydrogen) atoms. The lowest BCUT2D eigenvalue weighted by Gasteiger charge is -2.18. The highest BCUT2D eigenvalue weighted by atomic mass is 16.6. The van der Waals surface area contributed by atoms with Gasteiger partial charge in [0.2, 0.25) is 0 Å². The van der Waals surface area contributed by atoms with Crippen LogP contribution in [0.4, 0.5) is 0 Å². The molecule has 0 saturated heterocycles. The van der Waals surface area contributed by atoms with Crippen LogP contribution in [0.25, 0.3) is 0 Å². The van der Waals surface area contributed by atoms with Gasteiger partial charge in [-0.1, -0.05) is 307 Å². The summed E-state index contributed by atoms with van der Waals surface area (Å²) in [6.45, 7) is 6.51. The summed E-state index contributed by atoms with van der Waals surface area (Å²) in [4.78, 5) is 38.2. The molecule has 0 N–H and O–H groups in total. The van der Waals surface area contributed by atoms with E-state index >= 15 is 0 Å². The van der Waals surface area contributed by atoms with Crippen LogP contribution in [0.2, 0.25) is 0 Å². The Kier molecular flexibility index (Phi) is 60.7. The Bertz CT molecular complexity index is 1280. The normalized spacial score (nSPS) is 12.3. The molecule has 0 rings (SSSR count). The standard InChI is InChI=1S/C68H124O6/c1-4-7-10-13-16-19-22-24-26-27-28-29-30-31-32-33-34-35-36-37-38-39-40-42-43-46-49-52-55-58-61-67(70)73-64-65(63-72-66(69)60-57-54-51-48-45-21-18-15-12-9-6-3)74-68(71)62-59-56-53-50-47-44-41-25-23-20-17-14-11-8-5-2/h8,11,15,17-18,20,25,41,65H,4-7,9-10,12-14,16,19,21-24,26-40,42-64H2,1-3H3/b11-8-,18-15-,20-17-,41-25-. The maximum Gasteiger partial charge on any atom is 0.306 e. The molecule has 0 amide bonds. The average Bonchev–Trinajstić information content (AvgIpc) is 3.40. The van der Waals surface area contributed by atoms with Gasteiger partial charge in [0.1, 0.15) is 13.2 Å². The Hall–Kier alpha value is -2.63. The van der Waals surface area contributed by atoms with Gasteiger partial charge < -0.3 is 14.2 Å².